The lowest BCUT2D eigenvalue weighted by Gasteiger charge is -2.39. The molecule has 2 aromatic rings. The molecule has 1 aliphatic heterocycles. The van der Waals surface area contributed by atoms with Gasteiger partial charge in [0.1, 0.15) is 5.75 Å². The number of hydrogen-bond donors (Lipinski definition) is 5. The van der Waals surface area contributed by atoms with E-state index in [9.17, 15) is 37.1 Å². The van der Waals surface area contributed by atoms with Crippen molar-refractivity contribution in [2.45, 2.75) is 71.0 Å². The second-order valence-corrected chi connectivity index (χ2v) is 12.1. The van der Waals surface area contributed by atoms with E-state index in [1.165, 1.54) is 12.1 Å². The Morgan fingerprint density at radius 1 is 1.00 bits per heavy atom. The highest BCUT2D eigenvalue weighted by Crippen LogP contribution is 2.47. The molecule has 1 heterocycles. The third-order valence-corrected chi connectivity index (χ3v) is 8.05. The fraction of sp³-hybridized carbons (Fsp3) is 0.500. The first-order valence-corrected chi connectivity index (χ1v) is 14.1. The molecule has 2 unspecified atom stereocenters. The van der Waals surface area contributed by atoms with Crippen LogP contribution >= 0.6 is 0 Å². The second kappa shape index (κ2) is 12.6. The number of aliphatic hydroxyl groups excluding tert-OH is 1. The number of hydrogen-bond acceptors (Lipinski definition) is 6. The standard InChI is InChI=1S/C30H35F4N3O7/c1-28(2,3)19-10-8-17(9-11-19)24(16-4-6-18(7-5-16)25(39)35-15-22(38)26(40)41)37-27(42)36-20-12-13-23-21(14-20)29(31,32)44-30(33,34)43-23/h4-7,12-14,17,19,22,24,38H,8-11,15H2,1-3H3,(H,35,39)(H,40,41)(H2,36,37,42). The zero-order valence-corrected chi connectivity index (χ0v) is 24.3. The minimum atomic E-state index is -4.52. The second-order valence-electron chi connectivity index (χ2n) is 12.1. The number of amides is 3. The summed E-state index contributed by atoms with van der Waals surface area (Å²) in [6, 6.07) is 7.87. The number of carboxylic acids is 1. The summed E-state index contributed by atoms with van der Waals surface area (Å²) in [5.41, 5.74) is -0.0917. The summed E-state index contributed by atoms with van der Waals surface area (Å²) in [4.78, 5) is 36.4. The van der Waals surface area contributed by atoms with E-state index < -0.39 is 60.3 Å². The van der Waals surface area contributed by atoms with Crippen LogP contribution in [0.25, 0.3) is 0 Å². The summed E-state index contributed by atoms with van der Waals surface area (Å²) in [7, 11) is 0. The Labute approximate surface area is 251 Å². The van der Waals surface area contributed by atoms with Gasteiger partial charge in [-0.25, -0.2) is 14.3 Å². The third-order valence-electron chi connectivity index (χ3n) is 8.05. The Hall–Kier alpha value is -3.91. The number of halogens is 4. The van der Waals surface area contributed by atoms with Gasteiger partial charge in [-0.1, -0.05) is 32.9 Å². The monoisotopic (exact) mass is 625 g/mol. The molecular weight excluding hydrogens is 590 g/mol. The molecule has 2 aliphatic rings. The number of carbonyl (C=O) groups is 3. The fourth-order valence-electron chi connectivity index (χ4n) is 5.60. The molecule has 0 bridgehead atoms. The third kappa shape index (κ3) is 7.97. The maximum atomic E-state index is 14.2. The number of nitrogens with one attached hydrogen (secondary N) is 3. The van der Waals surface area contributed by atoms with Crippen LogP contribution in [0.4, 0.5) is 28.0 Å². The van der Waals surface area contributed by atoms with Gasteiger partial charge in [-0.05, 0) is 78.8 Å². The van der Waals surface area contributed by atoms with E-state index in [0.29, 0.717) is 11.5 Å². The van der Waals surface area contributed by atoms with Crippen molar-refractivity contribution in [3.8, 4) is 5.75 Å². The van der Waals surface area contributed by atoms with Crippen molar-refractivity contribution < 1.29 is 51.6 Å². The maximum Gasteiger partial charge on any atom is 0.540 e. The number of alkyl halides is 4. The normalized spacial score (nSPS) is 22.0. The largest absolute Gasteiger partial charge is 0.540 e. The van der Waals surface area contributed by atoms with Crippen LogP contribution in [0.5, 0.6) is 5.75 Å². The van der Waals surface area contributed by atoms with Crippen LogP contribution in [0.2, 0.25) is 0 Å². The SMILES string of the molecule is CC(C)(C)C1CCC(C(NC(=O)Nc2ccc3c(c2)C(F)(F)OC(F)(F)O3)c2ccc(C(=O)NCC(O)C(=O)O)cc2)CC1. The highest BCUT2D eigenvalue weighted by atomic mass is 19.3. The van der Waals surface area contributed by atoms with E-state index in [0.717, 1.165) is 43.9 Å². The topological polar surface area (TPSA) is 146 Å². The minimum absolute atomic E-state index is 0.00152. The molecule has 2 atom stereocenters. The Morgan fingerprint density at radius 2 is 1.64 bits per heavy atom. The van der Waals surface area contributed by atoms with E-state index in [-0.39, 0.29) is 22.6 Å². The molecule has 1 aliphatic carbocycles. The smallest absolute Gasteiger partial charge is 0.479 e. The van der Waals surface area contributed by atoms with Crippen LogP contribution in [-0.2, 0) is 15.6 Å². The van der Waals surface area contributed by atoms with Crippen LogP contribution in [0.3, 0.4) is 0 Å². The van der Waals surface area contributed by atoms with Crippen molar-refractivity contribution >= 4 is 23.6 Å². The first-order chi connectivity index (χ1) is 20.4. The summed E-state index contributed by atoms with van der Waals surface area (Å²) in [5.74, 6) is -2.37. The molecule has 240 valence electrons. The lowest BCUT2D eigenvalue weighted by molar-refractivity contribution is -0.461. The number of rotatable bonds is 8. The Morgan fingerprint density at radius 3 is 2.23 bits per heavy atom. The van der Waals surface area contributed by atoms with Gasteiger partial charge in [0, 0.05) is 11.3 Å². The zero-order valence-electron chi connectivity index (χ0n) is 24.3. The summed E-state index contributed by atoms with van der Waals surface area (Å²) >= 11 is 0. The van der Waals surface area contributed by atoms with Crippen LogP contribution in [0.1, 0.15) is 74.0 Å². The molecule has 1 saturated carbocycles. The molecule has 2 aromatic carbocycles. The van der Waals surface area contributed by atoms with Gasteiger partial charge < -0.3 is 30.9 Å². The van der Waals surface area contributed by atoms with E-state index >= 15 is 0 Å². The van der Waals surface area contributed by atoms with Gasteiger partial charge in [0.25, 0.3) is 5.91 Å². The molecular formula is C30H35F4N3O7. The molecule has 0 spiro atoms. The van der Waals surface area contributed by atoms with Gasteiger partial charge in [-0.2, -0.15) is 8.78 Å². The summed E-state index contributed by atoms with van der Waals surface area (Å²) in [5, 5.41) is 25.9. The van der Waals surface area contributed by atoms with Crippen molar-refractivity contribution in [1.29, 1.82) is 0 Å². The molecule has 1 fully saturated rings. The van der Waals surface area contributed by atoms with E-state index in [2.05, 4.69) is 46.2 Å². The van der Waals surface area contributed by atoms with Gasteiger partial charge in [0.05, 0.1) is 18.2 Å². The van der Waals surface area contributed by atoms with Crippen molar-refractivity contribution in [2.75, 3.05) is 11.9 Å². The van der Waals surface area contributed by atoms with Crippen molar-refractivity contribution in [2.24, 2.45) is 17.3 Å². The van der Waals surface area contributed by atoms with Crippen LogP contribution < -0.4 is 20.7 Å². The molecule has 5 N–H and O–H groups in total. The molecule has 0 saturated heterocycles. The molecule has 4 rings (SSSR count). The lowest BCUT2D eigenvalue weighted by Crippen LogP contribution is -2.41. The van der Waals surface area contributed by atoms with Gasteiger partial charge in [-0.3, -0.25) is 4.79 Å². The van der Waals surface area contributed by atoms with E-state index in [1.807, 2.05) is 0 Å². The number of carbonyl (C=O) groups excluding carboxylic acids is 2. The summed E-state index contributed by atoms with van der Waals surface area (Å²) < 4.78 is 62.9. The number of anilines is 1. The molecule has 10 nitrogen and oxygen atoms in total. The summed E-state index contributed by atoms with van der Waals surface area (Å²) in [6.45, 7) is 6.06. The lowest BCUT2D eigenvalue weighted by atomic mass is 9.68. The fourth-order valence-corrected chi connectivity index (χ4v) is 5.60. The predicted molar refractivity (Wildman–Crippen MR) is 149 cm³/mol. The van der Waals surface area contributed by atoms with Gasteiger partial charge in [-0.15, -0.1) is 8.78 Å². The first kappa shape index (κ1) is 33.0. The van der Waals surface area contributed by atoms with Gasteiger partial charge in [0.2, 0.25) is 0 Å². The number of benzene rings is 2. The number of fused-ring (bicyclic) bond motifs is 1. The van der Waals surface area contributed by atoms with Gasteiger partial charge in [0.15, 0.2) is 6.10 Å². The Balaban J connectivity index is 1.51. The molecule has 0 aromatic heterocycles. The average Bonchev–Trinajstić information content (AvgIpc) is 2.93. The number of urea groups is 1. The van der Waals surface area contributed by atoms with Crippen molar-refractivity contribution in [1.82, 2.24) is 10.6 Å². The van der Waals surface area contributed by atoms with E-state index in [1.54, 1.807) is 12.1 Å². The van der Waals surface area contributed by atoms with Crippen LogP contribution in [0, 0.1) is 17.3 Å². The molecule has 44 heavy (non-hydrogen) atoms. The van der Waals surface area contributed by atoms with E-state index in [4.69, 9.17) is 5.11 Å². The summed E-state index contributed by atoms with van der Waals surface area (Å²) in [6.07, 6.45) is -7.21. The Bertz CT molecular complexity index is 1370. The van der Waals surface area contributed by atoms with Gasteiger partial charge >= 0.3 is 24.4 Å². The number of carboxylic acid groups (broad SMARTS) is 1. The zero-order chi connectivity index (χ0) is 32.4. The highest BCUT2D eigenvalue weighted by molar-refractivity contribution is 5.94. The van der Waals surface area contributed by atoms with Crippen LogP contribution in [0.15, 0.2) is 42.5 Å². The minimum Gasteiger partial charge on any atom is -0.479 e. The quantitative estimate of drug-likeness (QED) is 0.241. The number of aliphatic carboxylic acids is 1. The molecule has 3 amide bonds. The average molecular weight is 626 g/mol. The molecule has 0 radical (unpaired) electrons. The Kier molecular flexibility index (Phi) is 9.45. The number of ether oxygens (including phenoxy) is 2. The van der Waals surface area contributed by atoms with Crippen molar-refractivity contribution in [3.05, 3.63) is 59.2 Å². The van der Waals surface area contributed by atoms with Crippen LogP contribution in [-0.4, -0.2) is 47.1 Å². The number of aliphatic hydroxyl groups is 1. The predicted octanol–water partition coefficient (Wildman–Crippen LogP) is 5.59. The first-order valence-electron chi connectivity index (χ1n) is 14.1. The molecule has 14 heteroatoms. The van der Waals surface area contributed by atoms with Crippen molar-refractivity contribution in [3.63, 3.8) is 0 Å². The maximum absolute atomic E-state index is 14.2. The highest BCUT2D eigenvalue weighted by Gasteiger charge is 2.54.